The van der Waals surface area contributed by atoms with Gasteiger partial charge in [0.25, 0.3) is 0 Å². The average molecular weight is 405 g/mol. The molecule has 0 radical (unpaired) electrons. The number of ether oxygens (including phenoxy) is 1. The summed E-state index contributed by atoms with van der Waals surface area (Å²) >= 11 is 6.48. The first-order chi connectivity index (χ1) is 9.61. The van der Waals surface area contributed by atoms with E-state index in [4.69, 9.17) is 4.74 Å². The van der Waals surface area contributed by atoms with Gasteiger partial charge in [0.1, 0.15) is 28.2 Å². The maximum absolute atomic E-state index is 13.4. The normalized spacial score (nSPS) is 10.4. The van der Waals surface area contributed by atoms with Crippen molar-refractivity contribution in [1.29, 1.82) is 0 Å². The molecule has 0 bridgehead atoms. The lowest BCUT2D eigenvalue weighted by atomic mass is 10.3. The lowest BCUT2D eigenvalue weighted by molar-refractivity contribution is 0.453. The van der Waals surface area contributed by atoms with Crippen molar-refractivity contribution in [1.82, 2.24) is 9.97 Å². The van der Waals surface area contributed by atoms with E-state index in [9.17, 15) is 4.39 Å². The van der Waals surface area contributed by atoms with Crippen molar-refractivity contribution in [3.05, 3.63) is 39.3 Å². The van der Waals surface area contributed by atoms with Crippen LogP contribution in [0.15, 0.2) is 33.5 Å². The number of nitrogens with zero attached hydrogens (tertiary/aromatic N) is 2. The summed E-state index contributed by atoms with van der Waals surface area (Å²) in [6.45, 7) is 2.85. The van der Waals surface area contributed by atoms with Crippen LogP contribution >= 0.6 is 31.9 Å². The third-order valence-electron chi connectivity index (χ3n) is 2.41. The van der Waals surface area contributed by atoms with Crippen molar-refractivity contribution in [3.63, 3.8) is 0 Å². The molecule has 0 saturated carbocycles. The molecule has 0 fully saturated rings. The Morgan fingerprint density at radius 3 is 2.80 bits per heavy atom. The smallest absolute Gasteiger partial charge is 0.238 e. The van der Waals surface area contributed by atoms with Crippen molar-refractivity contribution >= 4 is 37.7 Å². The highest BCUT2D eigenvalue weighted by Gasteiger charge is 2.11. The topological polar surface area (TPSA) is 47.0 Å². The van der Waals surface area contributed by atoms with Crippen LogP contribution in [-0.4, -0.2) is 16.5 Å². The van der Waals surface area contributed by atoms with E-state index in [0.29, 0.717) is 26.4 Å². The van der Waals surface area contributed by atoms with Crippen molar-refractivity contribution in [2.75, 3.05) is 11.9 Å². The van der Waals surface area contributed by atoms with Crippen LogP contribution in [0, 0.1) is 5.82 Å². The summed E-state index contributed by atoms with van der Waals surface area (Å²) in [5.41, 5.74) is 0. The van der Waals surface area contributed by atoms with Crippen molar-refractivity contribution in [3.8, 4) is 11.6 Å². The number of aromatic nitrogens is 2. The van der Waals surface area contributed by atoms with Gasteiger partial charge in [0.2, 0.25) is 5.88 Å². The Kier molecular flexibility index (Phi) is 5.31. The van der Waals surface area contributed by atoms with Gasteiger partial charge in [0.05, 0.1) is 4.47 Å². The van der Waals surface area contributed by atoms with Crippen LogP contribution in [0.2, 0.25) is 0 Å². The zero-order valence-corrected chi connectivity index (χ0v) is 13.8. The number of hydrogen-bond donors (Lipinski definition) is 1. The molecule has 0 spiro atoms. The van der Waals surface area contributed by atoms with Crippen molar-refractivity contribution in [2.24, 2.45) is 0 Å². The van der Waals surface area contributed by atoms with Crippen LogP contribution in [-0.2, 0) is 0 Å². The summed E-state index contributed by atoms with van der Waals surface area (Å²) in [5, 5.41) is 3.15. The van der Waals surface area contributed by atoms with Gasteiger partial charge in [-0.3, -0.25) is 0 Å². The third kappa shape index (κ3) is 3.67. The second-order valence-electron chi connectivity index (χ2n) is 3.95. The SMILES string of the molecule is CCCNc1ncnc(Oc2ccc(Br)c(F)c2)c1Br. The second kappa shape index (κ2) is 6.99. The third-order valence-corrected chi connectivity index (χ3v) is 3.76. The molecule has 1 aromatic carbocycles. The van der Waals surface area contributed by atoms with Crippen LogP contribution in [0.1, 0.15) is 13.3 Å². The van der Waals surface area contributed by atoms with Gasteiger partial charge in [0.15, 0.2) is 0 Å². The van der Waals surface area contributed by atoms with Crippen LogP contribution < -0.4 is 10.1 Å². The Morgan fingerprint density at radius 2 is 2.10 bits per heavy atom. The molecule has 2 aromatic rings. The molecule has 1 N–H and O–H groups in total. The summed E-state index contributed by atoms with van der Waals surface area (Å²) in [5.74, 6) is 0.957. The Bertz CT molecular complexity index is 610. The van der Waals surface area contributed by atoms with Gasteiger partial charge < -0.3 is 10.1 Å². The van der Waals surface area contributed by atoms with Crippen LogP contribution in [0.5, 0.6) is 11.6 Å². The fourth-order valence-electron chi connectivity index (χ4n) is 1.44. The molecule has 0 amide bonds. The van der Waals surface area contributed by atoms with E-state index in [1.165, 1.54) is 12.4 Å². The quantitative estimate of drug-likeness (QED) is 0.780. The highest BCUT2D eigenvalue weighted by atomic mass is 79.9. The number of rotatable bonds is 5. The number of anilines is 1. The van der Waals surface area contributed by atoms with Gasteiger partial charge in [-0.1, -0.05) is 6.92 Å². The molecule has 2 rings (SSSR count). The minimum absolute atomic E-state index is 0.334. The van der Waals surface area contributed by atoms with E-state index in [2.05, 4.69) is 54.1 Å². The van der Waals surface area contributed by atoms with Gasteiger partial charge in [-0.25, -0.2) is 14.4 Å². The molecule has 4 nitrogen and oxygen atoms in total. The molecule has 20 heavy (non-hydrogen) atoms. The van der Waals surface area contributed by atoms with Gasteiger partial charge in [-0.15, -0.1) is 0 Å². The molecule has 1 heterocycles. The minimum Gasteiger partial charge on any atom is -0.438 e. The fourth-order valence-corrected chi connectivity index (χ4v) is 2.12. The van der Waals surface area contributed by atoms with E-state index in [1.807, 2.05) is 0 Å². The maximum atomic E-state index is 13.4. The van der Waals surface area contributed by atoms with E-state index in [1.54, 1.807) is 12.1 Å². The maximum Gasteiger partial charge on any atom is 0.238 e. The Labute approximate surface area is 133 Å². The van der Waals surface area contributed by atoms with Gasteiger partial charge >= 0.3 is 0 Å². The molecule has 0 aliphatic carbocycles. The molecule has 0 atom stereocenters. The lowest BCUT2D eigenvalue weighted by Crippen LogP contribution is -2.04. The summed E-state index contributed by atoms with van der Waals surface area (Å²) < 4.78 is 20.0. The van der Waals surface area contributed by atoms with E-state index < -0.39 is 5.82 Å². The van der Waals surface area contributed by atoms with Crippen LogP contribution in [0.25, 0.3) is 0 Å². The molecule has 106 valence electrons. The van der Waals surface area contributed by atoms with E-state index >= 15 is 0 Å². The zero-order valence-electron chi connectivity index (χ0n) is 10.7. The lowest BCUT2D eigenvalue weighted by Gasteiger charge is -2.10. The molecule has 0 saturated heterocycles. The monoisotopic (exact) mass is 403 g/mol. The molecule has 0 aliphatic heterocycles. The summed E-state index contributed by atoms with van der Waals surface area (Å²) in [7, 11) is 0. The van der Waals surface area contributed by atoms with Gasteiger partial charge in [-0.05, 0) is 50.4 Å². The Hall–Kier alpha value is -1.21. The molecule has 0 aliphatic rings. The molecular weight excluding hydrogens is 393 g/mol. The number of nitrogens with one attached hydrogen (secondary N) is 1. The van der Waals surface area contributed by atoms with Crippen LogP contribution in [0.4, 0.5) is 10.2 Å². The zero-order chi connectivity index (χ0) is 14.5. The molecule has 0 unspecified atom stereocenters. The van der Waals surface area contributed by atoms with E-state index in [-0.39, 0.29) is 0 Å². The Balaban J connectivity index is 2.22. The highest BCUT2D eigenvalue weighted by Crippen LogP contribution is 2.32. The van der Waals surface area contributed by atoms with Gasteiger partial charge in [-0.2, -0.15) is 0 Å². The number of hydrogen-bond acceptors (Lipinski definition) is 4. The number of halogens is 3. The summed E-state index contributed by atoms with van der Waals surface area (Å²) in [4.78, 5) is 8.16. The predicted octanol–water partition coefficient (Wildman–Crippen LogP) is 4.75. The minimum atomic E-state index is -0.392. The van der Waals surface area contributed by atoms with Crippen LogP contribution in [0.3, 0.4) is 0 Å². The molecule has 7 heteroatoms. The molecular formula is C13H12Br2FN3O. The fraction of sp³-hybridized carbons (Fsp3) is 0.231. The standard InChI is InChI=1S/C13H12Br2FN3O/c1-2-5-17-12-11(15)13(19-7-18-12)20-8-3-4-9(14)10(16)6-8/h3-4,6-7H,2,5H2,1H3,(H,17,18,19). The summed E-state index contributed by atoms with van der Waals surface area (Å²) in [6, 6.07) is 4.52. The molecule has 1 aromatic heterocycles. The number of benzene rings is 1. The predicted molar refractivity (Wildman–Crippen MR) is 82.7 cm³/mol. The highest BCUT2D eigenvalue weighted by molar-refractivity contribution is 9.11. The van der Waals surface area contributed by atoms with E-state index in [0.717, 1.165) is 13.0 Å². The first-order valence-corrected chi connectivity index (χ1v) is 7.57. The second-order valence-corrected chi connectivity index (χ2v) is 5.59. The Morgan fingerprint density at radius 1 is 1.30 bits per heavy atom. The average Bonchev–Trinajstić information content (AvgIpc) is 2.44. The first kappa shape index (κ1) is 15.2. The summed E-state index contributed by atoms with van der Waals surface area (Å²) in [6.07, 6.45) is 2.37. The first-order valence-electron chi connectivity index (χ1n) is 5.99. The largest absolute Gasteiger partial charge is 0.438 e. The van der Waals surface area contributed by atoms with Crippen molar-refractivity contribution < 1.29 is 9.13 Å². The van der Waals surface area contributed by atoms with Crippen molar-refractivity contribution in [2.45, 2.75) is 13.3 Å². The van der Waals surface area contributed by atoms with Gasteiger partial charge in [0, 0.05) is 12.6 Å².